The number of anilines is 1. The molecule has 0 radical (unpaired) electrons. The third-order valence-corrected chi connectivity index (χ3v) is 4.97. The van der Waals surface area contributed by atoms with Gasteiger partial charge in [-0.25, -0.2) is 14.2 Å². The number of likely N-dealkylation sites (N-methyl/N-ethyl adjacent to an activating group) is 1. The molecule has 0 saturated heterocycles. The minimum atomic E-state index is -0.705. The van der Waals surface area contributed by atoms with E-state index in [-0.39, 0.29) is 12.1 Å². The Labute approximate surface area is 194 Å². The van der Waals surface area contributed by atoms with Crippen LogP contribution in [0.5, 0.6) is 0 Å². The number of aromatic nitrogens is 1. The number of furan rings is 1. The zero-order valence-corrected chi connectivity index (χ0v) is 18.2. The van der Waals surface area contributed by atoms with Crippen molar-refractivity contribution in [2.45, 2.75) is 0 Å². The van der Waals surface area contributed by atoms with E-state index in [0.29, 0.717) is 28.0 Å². The second-order valence-electron chi connectivity index (χ2n) is 7.43. The Morgan fingerprint density at radius 1 is 1.06 bits per heavy atom. The van der Waals surface area contributed by atoms with Crippen LogP contribution in [0.3, 0.4) is 0 Å². The van der Waals surface area contributed by atoms with E-state index in [4.69, 9.17) is 9.15 Å². The fraction of sp³-hybridized carbons (Fsp3) is 0.120. The van der Waals surface area contributed by atoms with E-state index < -0.39 is 30.2 Å². The summed E-state index contributed by atoms with van der Waals surface area (Å²) in [4.78, 5) is 43.0. The predicted octanol–water partition coefficient (Wildman–Crippen LogP) is 3.89. The molecule has 0 spiro atoms. The topological polar surface area (TPSA) is 102 Å². The number of halogens is 1. The standard InChI is InChI=1S/C25H20FN3O5/c1-29(14-23(30)27-17-10-8-16(26)9-11-17)24(31)15-34-25(32)19-13-21(22-7-4-12-33-22)28-20-6-3-2-5-18(19)20/h2-13H,14-15H2,1H3,(H,27,30). The van der Waals surface area contributed by atoms with E-state index in [1.54, 1.807) is 42.5 Å². The second-order valence-corrected chi connectivity index (χ2v) is 7.43. The van der Waals surface area contributed by atoms with Gasteiger partial charge in [-0.2, -0.15) is 0 Å². The summed E-state index contributed by atoms with van der Waals surface area (Å²) in [6.07, 6.45) is 1.50. The molecule has 1 N–H and O–H groups in total. The number of hydrogen-bond acceptors (Lipinski definition) is 6. The van der Waals surface area contributed by atoms with Gasteiger partial charge in [0.25, 0.3) is 5.91 Å². The van der Waals surface area contributed by atoms with Gasteiger partial charge in [0.2, 0.25) is 5.91 Å². The van der Waals surface area contributed by atoms with Gasteiger partial charge >= 0.3 is 5.97 Å². The maximum absolute atomic E-state index is 13.0. The number of pyridine rings is 1. The van der Waals surface area contributed by atoms with Gasteiger partial charge in [0, 0.05) is 18.1 Å². The first kappa shape index (κ1) is 22.7. The average Bonchev–Trinajstić information content (AvgIpc) is 3.38. The van der Waals surface area contributed by atoms with Gasteiger partial charge in [0.1, 0.15) is 11.5 Å². The molecule has 2 aromatic carbocycles. The van der Waals surface area contributed by atoms with Crippen LogP contribution in [0.15, 0.2) is 77.4 Å². The third kappa shape index (κ3) is 5.26. The number of fused-ring (bicyclic) bond motifs is 1. The molecular weight excluding hydrogens is 441 g/mol. The van der Waals surface area contributed by atoms with Crippen LogP contribution in [0, 0.1) is 5.82 Å². The summed E-state index contributed by atoms with van der Waals surface area (Å²) in [5.41, 5.74) is 1.66. The lowest BCUT2D eigenvalue weighted by atomic mass is 10.1. The Kier molecular flexibility index (Phi) is 6.63. The number of nitrogens with one attached hydrogen (secondary N) is 1. The number of rotatable bonds is 7. The van der Waals surface area contributed by atoms with Gasteiger partial charge < -0.3 is 19.4 Å². The SMILES string of the molecule is CN(CC(=O)Nc1ccc(F)cc1)C(=O)COC(=O)c1cc(-c2ccco2)nc2ccccc12. The number of esters is 1. The molecule has 0 unspecified atom stereocenters. The highest BCUT2D eigenvalue weighted by Crippen LogP contribution is 2.25. The zero-order chi connectivity index (χ0) is 24.1. The first-order chi connectivity index (χ1) is 16.4. The smallest absolute Gasteiger partial charge is 0.339 e. The van der Waals surface area contributed by atoms with Crippen LogP contribution < -0.4 is 5.32 Å². The Morgan fingerprint density at radius 3 is 2.56 bits per heavy atom. The third-order valence-electron chi connectivity index (χ3n) is 4.97. The van der Waals surface area contributed by atoms with Gasteiger partial charge in [-0.15, -0.1) is 0 Å². The van der Waals surface area contributed by atoms with Crippen LogP contribution in [0.1, 0.15) is 10.4 Å². The molecule has 0 aliphatic heterocycles. The van der Waals surface area contributed by atoms with Crippen LogP contribution in [0.25, 0.3) is 22.4 Å². The molecule has 9 heteroatoms. The van der Waals surface area contributed by atoms with Crippen LogP contribution in [0.2, 0.25) is 0 Å². The molecule has 0 saturated carbocycles. The van der Waals surface area contributed by atoms with E-state index in [9.17, 15) is 18.8 Å². The van der Waals surface area contributed by atoms with Crippen molar-refractivity contribution in [3.63, 3.8) is 0 Å². The van der Waals surface area contributed by atoms with Gasteiger partial charge in [-0.05, 0) is 48.5 Å². The van der Waals surface area contributed by atoms with Crippen LogP contribution in [0.4, 0.5) is 10.1 Å². The minimum Gasteiger partial charge on any atom is -0.463 e. The van der Waals surface area contributed by atoms with Crippen LogP contribution in [-0.2, 0) is 14.3 Å². The van der Waals surface area contributed by atoms with Crippen molar-refractivity contribution in [2.75, 3.05) is 25.5 Å². The highest BCUT2D eigenvalue weighted by molar-refractivity contribution is 6.05. The monoisotopic (exact) mass is 461 g/mol. The minimum absolute atomic E-state index is 0.238. The number of para-hydroxylation sites is 1. The zero-order valence-electron chi connectivity index (χ0n) is 18.2. The van der Waals surface area contributed by atoms with E-state index in [1.165, 1.54) is 37.6 Å². The van der Waals surface area contributed by atoms with Crippen LogP contribution >= 0.6 is 0 Å². The maximum atomic E-state index is 13.0. The molecule has 2 heterocycles. The number of benzene rings is 2. The lowest BCUT2D eigenvalue weighted by Gasteiger charge is -2.17. The Morgan fingerprint density at radius 2 is 1.82 bits per heavy atom. The fourth-order valence-electron chi connectivity index (χ4n) is 3.25. The highest BCUT2D eigenvalue weighted by Gasteiger charge is 2.19. The second kappa shape index (κ2) is 9.95. The fourth-order valence-corrected chi connectivity index (χ4v) is 3.25. The first-order valence-electron chi connectivity index (χ1n) is 10.3. The molecule has 4 aromatic rings. The number of nitrogens with zero attached hydrogens (tertiary/aromatic N) is 2. The molecule has 2 amide bonds. The summed E-state index contributed by atoms with van der Waals surface area (Å²) in [7, 11) is 1.41. The van der Waals surface area contributed by atoms with Crippen LogP contribution in [-0.4, -0.2) is 47.9 Å². The normalized spacial score (nSPS) is 10.6. The van der Waals surface area contributed by atoms with Gasteiger partial charge in [-0.3, -0.25) is 9.59 Å². The molecular formula is C25H20FN3O5. The summed E-state index contributed by atoms with van der Waals surface area (Å²) in [5.74, 6) is -1.68. The summed E-state index contributed by atoms with van der Waals surface area (Å²) in [6.45, 7) is -0.819. The van der Waals surface area contributed by atoms with Crippen molar-refractivity contribution < 1.29 is 27.9 Å². The Balaban J connectivity index is 1.40. The summed E-state index contributed by atoms with van der Waals surface area (Å²) in [6, 6.07) is 17.3. The predicted molar refractivity (Wildman–Crippen MR) is 122 cm³/mol. The van der Waals surface area contributed by atoms with Gasteiger partial charge in [-0.1, -0.05) is 18.2 Å². The first-order valence-corrected chi connectivity index (χ1v) is 10.3. The van der Waals surface area contributed by atoms with Crippen molar-refractivity contribution >= 4 is 34.4 Å². The lowest BCUT2D eigenvalue weighted by Crippen LogP contribution is -2.37. The van der Waals surface area contributed by atoms with Crippen molar-refractivity contribution in [3.8, 4) is 11.5 Å². The summed E-state index contributed by atoms with van der Waals surface area (Å²) in [5, 5.41) is 3.13. The molecule has 172 valence electrons. The molecule has 0 aliphatic carbocycles. The Bertz CT molecular complexity index is 1340. The molecule has 2 aromatic heterocycles. The van der Waals surface area contributed by atoms with Crippen molar-refractivity contribution in [1.82, 2.24) is 9.88 Å². The molecule has 8 nitrogen and oxygen atoms in total. The maximum Gasteiger partial charge on any atom is 0.339 e. The number of amides is 2. The molecule has 0 fully saturated rings. The molecule has 34 heavy (non-hydrogen) atoms. The summed E-state index contributed by atoms with van der Waals surface area (Å²) < 4.78 is 23.6. The molecule has 0 bridgehead atoms. The summed E-state index contributed by atoms with van der Waals surface area (Å²) >= 11 is 0. The van der Waals surface area contributed by atoms with E-state index >= 15 is 0 Å². The Hall–Kier alpha value is -4.53. The van der Waals surface area contributed by atoms with Crippen molar-refractivity contribution in [2.24, 2.45) is 0 Å². The van der Waals surface area contributed by atoms with E-state index in [0.717, 1.165) is 4.90 Å². The van der Waals surface area contributed by atoms with Crippen molar-refractivity contribution in [1.29, 1.82) is 0 Å². The van der Waals surface area contributed by atoms with Crippen molar-refractivity contribution in [3.05, 3.63) is 84.4 Å². The highest BCUT2D eigenvalue weighted by atomic mass is 19.1. The number of hydrogen-bond donors (Lipinski definition) is 1. The molecule has 0 atom stereocenters. The average molecular weight is 461 g/mol. The molecule has 0 aliphatic rings. The number of carbonyl (C=O) groups excluding carboxylic acids is 3. The number of carbonyl (C=O) groups is 3. The van der Waals surface area contributed by atoms with E-state index in [1.807, 2.05) is 0 Å². The lowest BCUT2D eigenvalue weighted by molar-refractivity contribution is -0.136. The van der Waals surface area contributed by atoms with Gasteiger partial charge in [0.05, 0.1) is 23.9 Å². The largest absolute Gasteiger partial charge is 0.463 e. The molecule has 4 rings (SSSR count). The number of ether oxygens (including phenoxy) is 1. The van der Waals surface area contributed by atoms with Gasteiger partial charge in [0.15, 0.2) is 12.4 Å². The van der Waals surface area contributed by atoms with E-state index in [2.05, 4.69) is 10.3 Å². The quantitative estimate of drug-likeness (QED) is 0.419.